The van der Waals surface area contributed by atoms with Crippen molar-refractivity contribution in [2.45, 2.75) is 24.8 Å². The Bertz CT molecular complexity index is 480. The van der Waals surface area contributed by atoms with Crippen molar-refractivity contribution in [2.75, 3.05) is 24.4 Å². The zero-order valence-corrected chi connectivity index (χ0v) is 10.1. The van der Waals surface area contributed by atoms with E-state index in [1.165, 1.54) is 0 Å². The van der Waals surface area contributed by atoms with Gasteiger partial charge in [0.05, 0.1) is 12.8 Å². The molecule has 0 bridgehead atoms. The molecule has 1 heterocycles. The fourth-order valence-electron chi connectivity index (χ4n) is 2.81. The maximum atomic E-state index is 12.2. The van der Waals surface area contributed by atoms with Crippen molar-refractivity contribution < 1.29 is 9.53 Å². The Labute approximate surface area is 101 Å². The highest BCUT2D eigenvalue weighted by molar-refractivity contribution is 6.08. The summed E-state index contributed by atoms with van der Waals surface area (Å²) in [6, 6.07) is 5.74. The molecule has 1 fully saturated rings. The summed E-state index contributed by atoms with van der Waals surface area (Å²) in [5, 5.41) is 3.00. The average Bonchev–Trinajstić information content (AvgIpc) is 2.26. The van der Waals surface area contributed by atoms with Gasteiger partial charge >= 0.3 is 0 Å². The first-order valence-corrected chi connectivity index (χ1v) is 5.91. The zero-order valence-electron chi connectivity index (χ0n) is 10.1. The molecule has 2 aliphatic rings. The molecule has 90 valence electrons. The predicted molar refractivity (Wildman–Crippen MR) is 66.6 cm³/mol. The van der Waals surface area contributed by atoms with E-state index in [1.807, 2.05) is 25.2 Å². The number of likely N-dealkylation sites (N-methyl/N-ethyl adjacent to an activating group) is 1. The fraction of sp³-hybridized carbons (Fsp3) is 0.462. The van der Waals surface area contributed by atoms with Gasteiger partial charge in [0.25, 0.3) is 0 Å². The highest BCUT2D eigenvalue weighted by atomic mass is 16.5. The van der Waals surface area contributed by atoms with Crippen LogP contribution < -0.4 is 15.0 Å². The molecule has 3 rings (SSSR count). The highest BCUT2D eigenvalue weighted by Gasteiger charge is 2.51. The zero-order chi connectivity index (χ0) is 12.0. The van der Waals surface area contributed by atoms with Gasteiger partial charge in [0.1, 0.15) is 17.0 Å². The minimum absolute atomic E-state index is 0.118. The lowest BCUT2D eigenvalue weighted by molar-refractivity contribution is -0.124. The third-order valence-electron chi connectivity index (χ3n) is 4.05. The molecule has 1 saturated carbocycles. The standard InChI is InChI=1S/C13H16N2O2/c1-15-11-9(5-3-6-10(11)17-2)14-12(16)13(15)7-4-8-13/h3,5-6H,4,7-8H2,1-2H3,(H,14,16). The summed E-state index contributed by atoms with van der Waals surface area (Å²) in [4.78, 5) is 14.3. The number of ether oxygens (including phenoxy) is 1. The average molecular weight is 232 g/mol. The summed E-state index contributed by atoms with van der Waals surface area (Å²) in [6.45, 7) is 0. The van der Waals surface area contributed by atoms with Crippen molar-refractivity contribution in [3.05, 3.63) is 18.2 Å². The van der Waals surface area contributed by atoms with Crippen LogP contribution in [0.1, 0.15) is 19.3 Å². The summed E-state index contributed by atoms with van der Waals surface area (Å²) in [5.41, 5.74) is 1.49. The topological polar surface area (TPSA) is 41.6 Å². The third kappa shape index (κ3) is 1.21. The monoisotopic (exact) mass is 232 g/mol. The molecule has 0 saturated heterocycles. The number of rotatable bonds is 1. The van der Waals surface area contributed by atoms with E-state index in [-0.39, 0.29) is 11.4 Å². The third-order valence-corrected chi connectivity index (χ3v) is 4.05. The molecule has 4 heteroatoms. The molecule has 1 amide bonds. The van der Waals surface area contributed by atoms with Crippen molar-refractivity contribution in [2.24, 2.45) is 0 Å². The van der Waals surface area contributed by atoms with E-state index >= 15 is 0 Å². The molecule has 0 unspecified atom stereocenters. The first-order chi connectivity index (χ1) is 8.19. The Balaban J connectivity index is 2.14. The molecule has 1 N–H and O–H groups in total. The SMILES string of the molecule is COc1cccc2c1N(C)C1(CCC1)C(=O)N2. The van der Waals surface area contributed by atoms with Crippen LogP contribution >= 0.6 is 0 Å². The summed E-state index contributed by atoms with van der Waals surface area (Å²) in [6.07, 6.45) is 2.96. The number of carbonyl (C=O) groups excluding carboxylic acids is 1. The van der Waals surface area contributed by atoms with Crippen molar-refractivity contribution >= 4 is 17.3 Å². The molecular formula is C13H16N2O2. The molecule has 0 radical (unpaired) electrons. The van der Waals surface area contributed by atoms with Crippen LogP contribution in [0.3, 0.4) is 0 Å². The molecular weight excluding hydrogens is 216 g/mol. The Morgan fingerprint density at radius 2 is 2.18 bits per heavy atom. The lowest BCUT2D eigenvalue weighted by Gasteiger charge is -2.51. The molecule has 1 aliphatic carbocycles. The van der Waals surface area contributed by atoms with Gasteiger partial charge in [0, 0.05) is 7.05 Å². The fourth-order valence-corrected chi connectivity index (χ4v) is 2.81. The molecule has 17 heavy (non-hydrogen) atoms. The second-order valence-electron chi connectivity index (χ2n) is 4.75. The van der Waals surface area contributed by atoms with Gasteiger partial charge in [-0.15, -0.1) is 0 Å². The van der Waals surface area contributed by atoms with Crippen LogP contribution in [0.25, 0.3) is 0 Å². The van der Waals surface area contributed by atoms with Gasteiger partial charge in [0.2, 0.25) is 5.91 Å². The Morgan fingerprint density at radius 3 is 2.76 bits per heavy atom. The Kier molecular flexibility index (Phi) is 2.08. The molecule has 1 aromatic carbocycles. The number of para-hydroxylation sites is 1. The lowest BCUT2D eigenvalue weighted by atomic mass is 9.73. The molecule has 0 atom stereocenters. The number of hydrogen-bond donors (Lipinski definition) is 1. The number of carbonyl (C=O) groups is 1. The first-order valence-electron chi connectivity index (χ1n) is 5.91. The largest absolute Gasteiger partial charge is 0.495 e. The number of methoxy groups -OCH3 is 1. The van der Waals surface area contributed by atoms with Gasteiger partial charge in [-0.3, -0.25) is 4.79 Å². The van der Waals surface area contributed by atoms with Gasteiger partial charge in [-0.1, -0.05) is 6.07 Å². The quantitative estimate of drug-likeness (QED) is 0.805. The minimum Gasteiger partial charge on any atom is -0.495 e. The molecule has 0 aromatic heterocycles. The number of hydrogen-bond acceptors (Lipinski definition) is 3. The second kappa shape index (κ2) is 3.39. The Morgan fingerprint density at radius 1 is 1.41 bits per heavy atom. The number of nitrogens with one attached hydrogen (secondary N) is 1. The van der Waals surface area contributed by atoms with Crippen LogP contribution in [0.2, 0.25) is 0 Å². The normalized spacial score (nSPS) is 20.6. The molecule has 4 nitrogen and oxygen atoms in total. The number of benzene rings is 1. The van der Waals surface area contributed by atoms with Crippen LogP contribution in [-0.2, 0) is 4.79 Å². The van der Waals surface area contributed by atoms with E-state index in [2.05, 4.69) is 10.2 Å². The smallest absolute Gasteiger partial charge is 0.250 e. The van der Waals surface area contributed by atoms with Crippen LogP contribution in [0.5, 0.6) is 5.75 Å². The predicted octanol–water partition coefficient (Wildman–Crippen LogP) is 2.01. The van der Waals surface area contributed by atoms with Crippen molar-refractivity contribution in [3.8, 4) is 5.75 Å². The van der Waals surface area contributed by atoms with Gasteiger partial charge in [-0.2, -0.15) is 0 Å². The van der Waals surface area contributed by atoms with Gasteiger partial charge in [0.15, 0.2) is 0 Å². The van der Waals surface area contributed by atoms with Crippen molar-refractivity contribution in [1.82, 2.24) is 0 Å². The van der Waals surface area contributed by atoms with E-state index in [0.29, 0.717) is 0 Å². The minimum atomic E-state index is -0.346. The second-order valence-corrected chi connectivity index (χ2v) is 4.75. The van der Waals surface area contributed by atoms with Gasteiger partial charge in [-0.25, -0.2) is 0 Å². The van der Waals surface area contributed by atoms with Crippen LogP contribution in [-0.4, -0.2) is 25.6 Å². The van der Waals surface area contributed by atoms with Gasteiger partial charge < -0.3 is 15.0 Å². The Hall–Kier alpha value is -1.71. The summed E-state index contributed by atoms with van der Waals surface area (Å²) in [7, 11) is 3.65. The molecule has 1 aliphatic heterocycles. The number of nitrogens with zero attached hydrogens (tertiary/aromatic N) is 1. The lowest BCUT2D eigenvalue weighted by Crippen LogP contribution is -2.62. The van der Waals surface area contributed by atoms with Crippen LogP contribution in [0.4, 0.5) is 11.4 Å². The van der Waals surface area contributed by atoms with E-state index in [4.69, 9.17) is 4.74 Å². The maximum absolute atomic E-state index is 12.2. The van der Waals surface area contributed by atoms with Gasteiger partial charge in [-0.05, 0) is 31.4 Å². The maximum Gasteiger partial charge on any atom is 0.250 e. The summed E-state index contributed by atoms with van der Waals surface area (Å²) in [5.74, 6) is 0.934. The first kappa shape index (κ1) is 10.4. The summed E-state index contributed by atoms with van der Waals surface area (Å²) < 4.78 is 5.39. The van der Waals surface area contributed by atoms with Crippen molar-refractivity contribution in [3.63, 3.8) is 0 Å². The number of anilines is 2. The van der Waals surface area contributed by atoms with Crippen molar-refractivity contribution in [1.29, 1.82) is 0 Å². The van der Waals surface area contributed by atoms with E-state index in [0.717, 1.165) is 36.4 Å². The van der Waals surface area contributed by atoms with E-state index in [9.17, 15) is 4.79 Å². The number of fused-ring (bicyclic) bond motifs is 1. The van der Waals surface area contributed by atoms with Crippen LogP contribution in [0.15, 0.2) is 18.2 Å². The highest BCUT2D eigenvalue weighted by Crippen LogP contribution is 2.49. The summed E-state index contributed by atoms with van der Waals surface area (Å²) >= 11 is 0. The van der Waals surface area contributed by atoms with Crippen LogP contribution in [0, 0.1) is 0 Å². The van der Waals surface area contributed by atoms with E-state index in [1.54, 1.807) is 7.11 Å². The molecule has 1 spiro atoms. The van der Waals surface area contributed by atoms with E-state index < -0.39 is 0 Å². The number of amides is 1. The molecule has 1 aromatic rings.